The van der Waals surface area contributed by atoms with Crippen LogP contribution in [0.15, 0.2) is 48.6 Å². The molecule has 0 aromatic rings. The monoisotopic (exact) mass is 622 g/mol. The van der Waals surface area contributed by atoms with Gasteiger partial charge < -0.3 is 23.9 Å². The summed E-state index contributed by atoms with van der Waals surface area (Å²) in [4.78, 5) is 36.1. The van der Waals surface area contributed by atoms with Crippen molar-refractivity contribution in [2.75, 3.05) is 26.4 Å². The van der Waals surface area contributed by atoms with Gasteiger partial charge in [0, 0.05) is 6.42 Å². The predicted octanol–water partition coefficient (Wildman–Crippen LogP) is 1.06. The molecule has 0 aromatic heterocycles. The van der Waals surface area contributed by atoms with Crippen LogP contribution in [0.5, 0.6) is 0 Å². The van der Waals surface area contributed by atoms with Gasteiger partial charge in [0.2, 0.25) is 0 Å². The molecule has 41 heavy (non-hydrogen) atoms. The van der Waals surface area contributed by atoms with Gasteiger partial charge in [0.15, 0.2) is 5.25 Å². The third kappa shape index (κ3) is 18.9. The molecule has 0 spiro atoms. The quantitative estimate of drug-likeness (QED) is 0.0586. The van der Waals surface area contributed by atoms with Crippen LogP contribution in [-0.2, 0) is 38.7 Å². The van der Waals surface area contributed by atoms with E-state index in [-0.39, 0.29) is 57.8 Å². The molecule has 0 saturated carbocycles. The normalized spacial score (nSPS) is 20.5. The molecule has 12 heteroatoms. The average Bonchev–Trinajstić information content (AvgIpc) is 2.98. The molecule has 1 heterocycles. The Labute approximate surface area is 286 Å². The maximum Gasteiger partial charge on any atom is 1.00 e. The standard InChI is InChI=1S/C29H44O10S.K/c1-2-3-4-5-6-7-8-9-10-11-12-13-14-15-16-17-18-19-26(31)37-22-29(21-30)23-38-27(32)20-25(40(34,35)36)28(33)39-24-29;/h6-7,9-10,12-13,15-16,25,30H,2-5,8,11,14,17-24H2,1H3,(H,34,35,36);/q;+1/p-1/b7-6-,10-9-,13-12-,16-15-;. The number of rotatable bonds is 18. The van der Waals surface area contributed by atoms with E-state index in [0.717, 1.165) is 25.7 Å². The van der Waals surface area contributed by atoms with Crippen molar-refractivity contribution in [1.29, 1.82) is 0 Å². The number of unbranched alkanes of at least 4 members (excludes halogenated alkanes) is 4. The van der Waals surface area contributed by atoms with Gasteiger partial charge in [-0.2, -0.15) is 0 Å². The second-order valence-corrected chi connectivity index (χ2v) is 11.3. The molecule has 1 aliphatic heterocycles. The van der Waals surface area contributed by atoms with E-state index >= 15 is 0 Å². The number of carbonyl (C=O) groups is 3. The largest absolute Gasteiger partial charge is 1.00 e. The first-order valence-electron chi connectivity index (χ1n) is 13.8. The third-order valence-corrected chi connectivity index (χ3v) is 7.16. The predicted molar refractivity (Wildman–Crippen MR) is 149 cm³/mol. The molecule has 2 unspecified atom stereocenters. The van der Waals surface area contributed by atoms with Crippen molar-refractivity contribution in [2.45, 2.75) is 82.8 Å². The molecule has 0 aliphatic carbocycles. The SMILES string of the molecule is CCCCC/C=C\C/C=C\C/C=C\C/C=C\CCCC(=O)OCC1(CO)COC(=O)CC(S(=O)(=O)[O-])C(=O)OC1.[K+]. The zero-order valence-electron chi connectivity index (χ0n) is 24.3. The molecular weight excluding hydrogens is 579 g/mol. The zero-order valence-corrected chi connectivity index (χ0v) is 28.3. The van der Waals surface area contributed by atoms with Gasteiger partial charge in [-0.25, -0.2) is 8.42 Å². The van der Waals surface area contributed by atoms with Crippen LogP contribution in [0.4, 0.5) is 0 Å². The second kappa shape index (κ2) is 23.3. The van der Waals surface area contributed by atoms with Crippen molar-refractivity contribution in [3.63, 3.8) is 0 Å². The number of aliphatic hydroxyl groups excluding tert-OH is 1. The van der Waals surface area contributed by atoms with Crippen LogP contribution < -0.4 is 51.4 Å². The summed E-state index contributed by atoms with van der Waals surface area (Å²) in [6, 6.07) is 0. The maximum atomic E-state index is 12.2. The summed E-state index contributed by atoms with van der Waals surface area (Å²) in [5, 5.41) is 7.58. The van der Waals surface area contributed by atoms with Gasteiger partial charge in [-0.3, -0.25) is 14.4 Å². The molecule has 0 radical (unpaired) electrons. The Hall–Kier alpha value is -1.12. The summed E-state index contributed by atoms with van der Waals surface area (Å²) in [6.45, 7) is 0.00266. The van der Waals surface area contributed by atoms with Crippen LogP contribution in [0.25, 0.3) is 0 Å². The van der Waals surface area contributed by atoms with E-state index in [2.05, 4.69) is 43.4 Å². The summed E-state index contributed by atoms with van der Waals surface area (Å²) in [5.74, 6) is -3.09. The van der Waals surface area contributed by atoms with Crippen molar-refractivity contribution in [3.05, 3.63) is 48.6 Å². The Morgan fingerprint density at radius 3 is 2.02 bits per heavy atom. The Kier molecular flexibility index (Phi) is 22.7. The number of esters is 3. The van der Waals surface area contributed by atoms with E-state index in [1.165, 1.54) is 19.3 Å². The molecule has 1 fully saturated rings. The minimum Gasteiger partial charge on any atom is -0.747 e. The first kappa shape index (κ1) is 39.9. The van der Waals surface area contributed by atoms with Crippen LogP contribution in [0.3, 0.4) is 0 Å². The van der Waals surface area contributed by atoms with Crippen LogP contribution in [0, 0.1) is 5.41 Å². The topological polar surface area (TPSA) is 156 Å². The van der Waals surface area contributed by atoms with Crippen molar-refractivity contribution < 1.29 is 98.1 Å². The molecule has 226 valence electrons. The van der Waals surface area contributed by atoms with E-state index in [4.69, 9.17) is 14.2 Å². The van der Waals surface area contributed by atoms with Crippen molar-refractivity contribution in [3.8, 4) is 0 Å². The fraction of sp³-hybridized carbons (Fsp3) is 0.621. The number of hydrogen-bond acceptors (Lipinski definition) is 10. The van der Waals surface area contributed by atoms with Crippen LogP contribution >= 0.6 is 0 Å². The van der Waals surface area contributed by atoms with Crippen LogP contribution in [0.1, 0.15) is 77.6 Å². The Balaban J connectivity index is 0.0000160. The first-order valence-corrected chi connectivity index (χ1v) is 15.2. The van der Waals surface area contributed by atoms with Crippen molar-refractivity contribution in [1.82, 2.24) is 0 Å². The van der Waals surface area contributed by atoms with E-state index in [0.29, 0.717) is 12.8 Å². The number of allylic oxidation sites excluding steroid dienone is 8. The van der Waals surface area contributed by atoms with Crippen molar-refractivity contribution in [2.24, 2.45) is 5.41 Å². The third-order valence-electron chi connectivity index (χ3n) is 6.11. The fourth-order valence-electron chi connectivity index (χ4n) is 3.56. The molecule has 1 aliphatic rings. The minimum atomic E-state index is -5.15. The maximum absolute atomic E-state index is 12.2. The fourth-order valence-corrected chi connectivity index (χ4v) is 4.20. The summed E-state index contributed by atoms with van der Waals surface area (Å²) < 4.78 is 48.8. The average molecular weight is 623 g/mol. The minimum absolute atomic E-state index is 0. The molecule has 0 amide bonds. The molecule has 1 saturated heterocycles. The second-order valence-electron chi connectivity index (χ2n) is 9.75. The Bertz CT molecular complexity index is 1000. The molecule has 1 rings (SSSR count). The number of aliphatic hydroxyl groups is 1. The zero-order chi connectivity index (χ0) is 29.7. The summed E-state index contributed by atoms with van der Waals surface area (Å²) in [6.07, 6.45) is 24.8. The van der Waals surface area contributed by atoms with Gasteiger partial charge in [0.05, 0.1) is 18.4 Å². The van der Waals surface area contributed by atoms with Gasteiger partial charge in [-0.15, -0.1) is 0 Å². The summed E-state index contributed by atoms with van der Waals surface area (Å²) in [5.41, 5.74) is -1.48. The first-order chi connectivity index (χ1) is 19.1. The van der Waals surface area contributed by atoms with Crippen molar-refractivity contribution >= 4 is 28.0 Å². The van der Waals surface area contributed by atoms with Crippen LogP contribution in [-0.4, -0.2) is 67.7 Å². The summed E-state index contributed by atoms with van der Waals surface area (Å²) in [7, 11) is -5.15. The summed E-state index contributed by atoms with van der Waals surface area (Å²) >= 11 is 0. The Morgan fingerprint density at radius 2 is 1.49 bits per heavy atom. The van der Waals surface area contributed by atoms with Crippen LogP contribution in [0.2, 0.25) is 0 Å². The molecular formula is C29H43KO10S. The van der Waals surface area contributed by atoms with Gasteiger partial charge in [-0.05, 0) is 44.9 Å². The molecule has 0 bridgehead atoms. The van der Waals surface area contributed by atoms with E-state index in [9.17, 15) is 32.5 Å². The van der Waals surface area contributed by atoms with Gasteiger partial charge in [0.1, 0.15) is 29.9 Å². The van der Waals surface area contributed by atoms with Gasteiger partial charge >= 0.3 is 69.3 Å². The Morgan fingerprint density at radius 1 is 0.951 bits per heavy atom. The van der Waals surface area contributed by atoms with E-state index in [1.54, 1.807) is 0 Å². The smallest absolute Gasteiger partial charge is 0.747 e. The number of cyclic esters (lactones) is 2. The van der Waals surface area contributed by atoms with Gasteiger partial charge in [-0.1, -0.05) is 68.4 Å². The number of hydrogen-bond donors (Lipinski definition) is 1. The number of ether oxygens (including phenoxy) is 3. The molecule has 1 N–H and O–H groups in total. The van der Waals surface area contributed by atoms with E-state index < -0.39 is 71.5 Å². The van der Waals surface area contributed by atoms with E-state index in [1.807, 2.05) is 12.2 Å². The molecule has 0 aromatic carbocycles. The molecule has 2 atom stereocenters. The van der Waals surface area contributed by atoms with Gasteiger partial charge in [0.25, 0.3) is 0 Å². The molecule has 10 nitrogen and oxygen atoms in total. The number of carbonyl (C=O) groups excluding carboxylic acids is 3.